The van der Waals surface area contributed by atoms with Crippen molar-refractivity contribution in [2.75, 3.05) is 11.3 Å². The molecule has 4 rings (SSSR count). The van der Waals surface area contributed by atoms with Gasteiger partial charge in [0.2, 0.25) is 5.88 Å². The summed E-state index contributed by atoms with van der Waals surface area (Å²) in [5, 5.41) is 3.62. The fraction of sp³-hybridized carbons (Fsp3) is 0.273. The van der Waals surface area contributed by atoms with E-state index in [4.69, 9.17) is 4.74 Å². The minimum Gasteiger partial charge on any atom is -0.477 e. The van der Waals surface area contributed by atoms with Crippen molar-refractivity contribution < 1.29 is 9.53 Å². The molecule has 0 aliphatic heterocycles. The van der Waals surface area contributed by atoms with Crippen LogP contribution in [0.1, 0.15) is 35.8 Å². The van der Waals surface area contributed by atoms with E-state index in [9.17, 15) is 4.79 Å². The van der Waals surface area contributed by atoms with Gasteiger partial charge in [0.05, 0.1) is 36.9 Å². The Balaban J connectivity index is 1.34. The van der Waals surface area contributed by atoms with E-state index in [-0.39, 0.29) is 5.91 Å². The molecule has 154 valence electrons. The van der Waals surface area contributed by atoms with E-state index >= 15 is 0 Å². The SMILES string of the molecule is CCOc1cncc(-c2ccc(C(=O)NCc3cccc(NSC4CC4)n3)cc2)n1. The number of hydrogen-bond donors (Lipinski definition) is 2. The average Bonchev–Trinajstić information content (AvgIpc) is 3.62. The lowest BCUT2D eigenvalue weighted by Crippen LogP contribution is -2.23. The van der Waals surface area contributed by atoms with Gasteiger partial charge in [0, 0.05) is 16.4 Å². The molecule has 0 radical (unpaired) electrons. The molecule has 0 spiro atoms. The van der Waals surface area contributed by atoms with Crippen LogP contribution < -0.4 is 14.8 Å². The molecule has 7 nitrogen and oxygen atoms in total. The van der Waals surface area contributed by atoms with Gasteiger partial charge in [-0.1, -0.05) is 18.2 Å². The smallest absolute Gasteiger partial charge is 0.251 e. The van der Waals surface area contributed by atoms with E-state index in [1.807, 2.05) is 37.3 Å². The predicted octanol–water partition coefficient (Wildman–Crippen LogP) is 4.09. The lowest BCUT2D eigenvalue weighted by molar-refractivity contribution is 0.0950. The van der Waals surface area contributed by atoms with Crippen LogP contribution in [0, 0.1) is 0 Å². The number of amides is 1. The molecule has 3 aromatic rings. The summed E-state index contributed by atoms with van der Waals surface area (Å²) in [6.07, 6.45) is 5.78. The summed E-state index contributed by atoms with van der Waals surface area (Å²) in [4.78, 5) is 25.6. The molecule has 0 unspecified atom stereocenters. The van der Waals surface area contributed by atoms with Crippen molar-refractivity contribution in [3.63, 3.8) is 0 Å². The zero-order valence-electron chi connectivity index (χ0n) is 16.7. The molecular formula is C22H23N5O2S. The minimum absolute atomic E-state index is 0.150. The third kappa shape index (κ3) is 5.48. The summed E-state index contributed by atoms with van der Waals surface area (Å²) >= 11 is 1.71. The summed E-state index contributed by atoms with van der Waals surface area (Å²) < 4.78 is 8.67. The number of nitrogens with zero attached hydrogens (tertiary/aromatic N) is 3. The van der Waals surface area contributed by atoms with Crippen LogP contribution in [0.15, 0.2) is 54.9 Å². The van der Waals surface area contributed by atoms with Crippen LogP contribution in [0.4, 0.5) is 5.82 Å². The molecule has 1 aromatic carbocycles. The maximum Gasteiger partial charge on any atom is 0.251 e. The number of pyridine rings is 1. The average molecular weight is 422 g/mol. The van der Waals surface area contributed by atoms with Crippen LogP contribution in [0.5, 0.6) is 5.88 Å². The Morgan fingerprint density at radius 1 is 1.13 bits per heavy atom. The first-order chi connectivity index (χ1) is 14.7. The van der Waals surface area contributed by atoms with E-state index < -0.39 is 0 Å². The van der Waals surface area contributed by atoms with E-state index in [0.717, 1.165) is 17.1 Å². The van der Waals surface area contributed by atoms with Gasteiger partial charge < -0.3 is 14.8 Å². The van der Waals surface area contributed by atoms with Crippen molar-refractivity contribution in [3.8, 4) is 17.1 Å². The number of anilines is 1. The minimum atomic E-state index is -0.150. The second kappa shape index (κ2) is 9.58. The number of aromatic nitrogens is 3. The van der Waals surface area contributed by atoms with Crippen molar-refractivity contribution in [2.24, 2.45) is 0 Å². The molecule has 1 aliphatic rings. The van der Waals surface area contributed by atoms with E-state index in [1.54, 1.807) is 36.5 Å². The summed E-state index contributed by atoms with van der Waals surface area (Å²) in [6.45, 7) is 2.80. The maximum atomic E-state index is 12.5. The number of rotatable bonds is 9. The third-order valence-corrected chi connectivity index (χ3v) is 5.57. The zero-order valence-corrected chi connectivity index (χ0v) is 17.5. The van der Waals surface area contributed by atoms with Gasteiger partial charge in [-0.05, 0) is 56.0 Å². The molecule has 0 saturated heterocycles. The molecule has 1 fully saturated rings. The molecule has 2 aromatic heterocycles. The van der Waals surface area contributed by atoms with Crippen LogP contribution in [0.3, 0.4) is 0 Å². The topological polar surface area (TPSA) is 89.0 Å². The van der Waals surface area contributed by atoms with Gasteiger partial charge in [-0.2, -0.15) is 0 Å². The van der Waals surface area contributed by atoms with Crippen molar-refractivity contribution in [1.82, 2.24) is 20.3 Å². The second-order valence-corrected chi connectivity index (χ2v) is 7.98. The third-order valence-electron chi connectivity index (χ3n) is 4.44. The Bertz CT molecular complexity index is 1010. The molecule has 30 heavy (non-hydrogen) atoms. The molecule has 2 N–H and O–H groups in total. The quantitative estimate of drug-likeness (QED) is 0.503. The number of nitrogens with one attached hydrogen (secondary N) is 2. The van der Waals surface area contributed by atoms with Crippen LogP contribution in [-0.2, 0) is 6.54 Å². The summed E-state index contributed by atoms with van der Waals surface area (Å²) in [5.41, 5.74) is 2.95. The lowest BCUT2D eigenvalue weighted by Gasteiger charge is -2.08. The zero-order chi connectivity index (χ0) is 20.8. The Labute approximate surface area is 179 Å². The number of carbonyl (C=O) groups is 1. The molecule has 1 saturated carbocycles. The van der Waals surface area contributed by atoms with Gasteiger partial charge in [-0.15, -0.1) is 0 Å². The summed E-state index contributed by atoms with van der Waals surface area (Å²) in [5.74, 6) is 1.15. The molecule has 0 bridgehead atoms. The highest BCUT2D eigenvalue weighted by atomic mass is 32.2. The molecule has 1 amide bonds. The van der Waals surface area contributed by atoms with Gasteiger partial charge in [0.15, 0.2) is 0 Å². The standard InChI is InChI=1S/C22H23N5O2S/c1-2-29-21-14-23-13-19(26-21)15-6-8-16(9-7-15)22(28)24-12-17-4-3-5-20(25-17)27-30-18-10-11-18/h3-9,13-14,18H,2,10-12H2,1H3,(H,24,28)(H,25,27). The first-order valence-corrected chi connectivity index (χ1v) is 10.8. The van der Waals surface area contributed by atoms with Crippen LogP contribution in [0.2, 0.25) is 0 Å². The van der Waals surface area contributed by atoms with Crippen molar-refractivity contribution in [1.29, 1.82) is 0 Å². The number of carbonyl (C=O) groups excluding carboxylic acids is 1. The Hall–Kier alpha value is -3.13. The maximum absolute atomic E-state index is 12.5. The Morgan fingerprint density at radius 2 is 1.97 bits per heavy atom. The van der Waals surface area contributed by atoms with E-state index in [1.165, 1.54) is 12.8 Å². The largest absolute Gasteiger partial charge is 0.477 e. The van der Waals surface area contributed by atoms with Gasteiger partial charge >= 0.3 is 0 Å². The predicted molar refractivity (Wildman–Crippen MR) is 118 cm³/mol. The highest BCUT2D eigenvalue weighted by Gasteiger charge is 2.22. The molecule has 2 heterocycles. The Kier molecular flexibility index (Phi) is 6.44. The molecular weight excluding hydrogens is 398 g/mol. The summed E-state index contributed by atoms with van der Waals surface area (Å²) in [6, 6.07) is 13.0. The second-order valence-electron chi connectivity index (χ2n) is 6.87. The normalized spacial score (nSPS) is 13.0. The van der Waals surface area contributed by atoms with Gasteiger partial charge in [0.25, 0.3) is 5.91 Å². The highest BCUT2D eigenvalue weighted by molar-refractivity contribution is 8.01. The van der Waals surface area contributed by atoms with Gasteiger partial charge in [0.1, 0.15) is 5.82 Å². The summed E-state index contributed by atoms with van der Waals surface area (Å²) in [7, 11) is 0. The number of ether oxygens (including phenoxy) is 1. The van der Waals surface area contributed by atoms with Crippen molar-refractivity contribution in [2.45, 2.75) is 31.6 Å². The van der Waals surface area contributed by atoms with Crippen LogP contribution >= 0.6 is 11.9 Å². The fourth-order valence-electron chi connectivity index (χ4n) is 2.73. The number of hydrogen-bond acceptors (Lipinski definition) is 7. The van der Waals surface area contributed by atoms with Crippen molar-refractivity contribution >= 4 is 23.7 Å². The van der Waals surface area contributed by atoms with E-state index in [0.29, 0.717) is 35.5 Å². The Morgan fingerprint density at radius 3 is 2.73 bits per heavy atom. The lowest BCUT2D eigenvalue weighted by atomic mass is 10.1. The van der Waals surface area contributed by atoms with Crippen molar-refractivity contribution in [3.05, 3.63) is 66.1 Å². The molecule has 8 heteroatoms. The van der Waals surface area contributed by atoms with Gasteiger partial charge in [-0.25, -0.2) is 9.97 Å². The number of benzene rings is 1. The first kappa shape index (κ1) is 20.2. The molecule has 0 atom stereocenters. The fourth-order valence-corrected chi connectivity index (χ4v) is 3.51. The first-order valence-electron chi connectivity index (χ1n) is 9.92. The monoisotopic (exact) mass is 421 g/mol. The van der Waals surface area contributed by atoms with Gasteiger partial charge in [-0.3, -0.25) is 9.78 Å². The van der Waals surface area contributed by atoms with Crippen LogP contribution in [-0.4, -0.2) is 32.7 Å². The van der Waals surface area contributed by atoms with E-state index in [2.05, 4.69) is 25.0 Å². The molecule has 1 aliphatic carbocycles. The highest BCUT2D eigenvalue weighted by Crippen LogP contribution is 2.33. The van der Waals surface area contributed by atoms with Crippen LogP contribution in [0.25, 0.3) is 11.3 Å².